The van der Waals surface area contributed by atoms with Crippen molar-refractivity contribution >= 4 is 46.7 Å². The topological polar surface area (TPSA) is 35.5 Å². The van der Waals surface area contributed by atoms with E-state index in [9.17, 15) is 4.79 Å². The molecule has 1 heterocycles. The van der Waals surface area contributed by atoms with Crippen molar-refractivity contribution in [1.29, 1.82) is 0 Å². The highest BCUT2D eigenvalue weighted by atomic mass is 35.5. The quantitative estimate of drug-likeness (QED) is 0.424. The number of hydrogen-bond donors (Lipinski definition) is 0. The van der Waals surface area contributed by atoms with Crippen LogP contribution in [-0.4, -0.2) is 5.78 Å². The zero-order chi connectivity index (χ0) is 19.7. The van der Waals surface area contributed by atoms with Gasteiger partial charge in [0.2, 0.25) is 5.78 Å². The third kappa shape index (κ3) is 4.02. The molecule has 0 aliphatic carbocycles. The lowest BCUT2D eigenvalue weighted by Gasteiger charge is -2.08. The molecule has 3 aromatic carbocycles. The van der Waals surface area contributed by atoms with E-state index in [0.717, 1.165) is 11.1 Å². The van der Waals surface area contributed by atoms with Gasteiger partial charge in [0.05, 0.1) is 15.6 Å². The molecule has 0 aromatic heterocycles. The number of halogens is 3. The van der Waals surface area contributed by atoms with Gasteiger partial charge in [-0.1, -0.05) is 53.0 Å². The molecular weight excluding hydrogens is 419 g/mol. The van der Waals surface area contributed by atoms with Crippen LogP contribution in [0.5, 0.6) is 11.5 Å². The summed E-state index contributed by atoms with van der Waals surface area (Å²) in [4.78, 5) is 12.5. The fraction of sp³-hybridized carbons (Fsp3) is 0.0455. The molecule has 3 nitrogen and oxygen atoms in total. The molecule has 140 valence electrons. The fourth-order valence-electron chi connectivity index (χ4n) is 2.76. The Hall–Kier alpha value is -2.46. The van der Waals surface area contributed by atoms with Crippen molar-refractivity contribution in [2.45, 2.75) is 6.61 Å². The Balaban J connectivity index is 1.50. The number of carbonyl (C=O) groups is 1. The maximum atomic E-state index is 12.5. The number of Topliss-reactive ketones (excluding diaryl/α,β-unsaturated/α-hetero) is 1. The predicted octanol–water partition coefficient (Wildman–Crippen LogP) is 6.84. The molecular formula is C22H13Cl3O3. The minimum Gasteiger partial charge on any atom is -0.489 e. The van der Waals surface area contributed by atoms with Crippen molar-refractivity contribution in [2.75, 3.05) is 0 Å². The summed E-state index contributed by atoms with van der Waals surface area (Å²) >= 11 is 17.8. The van der Waals surface area contributed by atoms with Gasteiger partial charge >= 0.3 is 0 Å². The number of fused-ring (bicyclic) bond motifs is 1. The molecule has 28 heavy (non-hydrogen) atoms. The van der Waals surface area contributed by atoms with Crippen molar-refractivity contribution in [1.82, 2.24) is 0 Å². The number of carbonyl (C=O) groups excluding carboxylic acids is 1. The maximum Gasteiger partial charge on any atom is 0.231 e. The summed E-state index contributed by atoms with van der Waals surface area (Å²) in [6.45, 7) is 0.317. The van der Waals surface area contributed by atoms with Gasteiger partial charge in [0.25, 0.3) is 0 Å². The van der Waals surface area contributed by atoms with Crippen molar-refractivity contribution in [2.24, 2.45) is 0 Å². The Labute approximate surface area is 177 Å². The van der Waals surface area contributed by atoms with E-state index in [1.54, 1.807) is 48.5 Å². The second-order valence-corrected chi connectivity index (χ2v) is 7.44. The Morgan fingerprint density at radius 1 is 0.893 bits per heavy atom. The molecule has 0 atom stereocenters. The van der Waals surface area contributed by atoms with Crippen LogP contribution in [0.25, 0.3) is 6.08 Å². The average Bonchev–Trinajstić information content (AvgIpc) is 2.99. The average molecular weight is 432 g/mol. The van der Waals surface area contributed by atoms with Gasteiger partial charge in [-0.3, -0.25) is 4.79 Å². The molecule has 0 amide bonds. The Morgan fingerprint density at radius 3 is 2.43 bits per heavy atom. The van der Waals surface area contributed by atoms with Gasteiger partial charge in [0.15, 0.2) is 5.76 Å². The van der Waals surface area contributed by atoms with Gasteiger partial charge in [-0.15, -0.1) is 0 Å². The first-order chi connectivity index (χ1) is 13.5. The van der Waals surface area contributed by atoms with Crippen LogP contribution in [-0.2, 0) is 6.61 Å². The number of rotatable bonds is 4. The van der Waals surface area contributed by atoms with E-state index < -0.39 is 0 Å². The highest BCUT2D eigenvalue weighted by molar-refractivity contribution is 6.42. The zero-order valence-corrected chi connectivity index (χ0v) is 16.7. The van der Waals surface area contributed by atoms with Crippen LogP contribution in [0.4, 0.5) is 0 Å². The van der Waals surface area contributed by atoms with Crippen LogP contribution in [0.2, 0.25) is 15.1 Å². The third-order valence-corrected chi connectivity index (χ3v) is 5.19. The lowest BCUT2D eigenvalue weighted by molar-refractivity contribution is 0.101. The van der Waals surface area contributed by atoms with Gasteiger partial charge in [-0.2, -0.15) is 0 Å². The minimum absolute atomic E-state index is 0.166. The van der Waals surface area contributed by atoms with Gasteiger partial charge in [0.1, 0.15) is 18.1 Å². The van der Waals surface area contributed by atoms with Crippen LogP contribution >= 0.6 is 34.8 Å². The number of ketones is 1. The molecule has 4 rings (SSSR count). The molecule has 0 radical (unpaired) electrons. The lowest BCUT2D eigenvalue weighted by atomic mass is 10.1. The van der Waals surface area contributed by atoms with Gasteiger partial charge in [-0.25, -0.2) is 0 Å². The normalized spacial score (nSPS) is 14.1. The molecule has 0 bridgehead atoms. The van der Waals surface area contributed by atoms with E-state index in [4.69, 9.17) is 44.3 Å². The second-order valence-electron chi connectivity index (χ2n) is 6.19. The number of allylic oxidation sites excluding steroid dienone is 1. The first-order valence-electron chi connectivity index (χ1n) is 8.40. The SMILES string of the molecule is O=C1C(=Cc2ccc(Cl)cc2)Oc2cc(OCc3ccc(Cl)c(Cl)c3)ccc21. The summed E-state index contributed by atoms with van der Waals surface area (Å²) in [6, 6.07) is 17.6. The summed E-state index contributed by atoms with van der Waals surface area (Å²) in [7, 11) is 0. The first-order valence-corrected chi connectivity index (χ1v) is 9.53. The smallest absolute Gasteiger partial charge is 0.231 e. The Bertz CT molecular complexity index is 1090. The molecule has 0 saturated carbocycles. The molecule has 0 saturated heterocycles. The van der Waals surface area contributed by atoms with Crippen LogP contribution in [0.3, 0.4) is 0 Å². The van der Waals surface area contributed by atoms with Crippen LogP contribution in [0.1, 0.15) is 21.5 Å². The summed E-state index contributed by atoms with van der Waals surface area (Å²) in [5.41, 5.74) is 2.22. The van der Waals surface area contributed by atoms with Gasteiger partial charge in [0, 0.05) is 11.1 Å². The molecule has 0 N–H and O–H groups in total. The van der Waals surface area contributed by atoms with E-state index in [-0.39, 0.29) is 11.5 Å². The van der Waals surface area contributed by atoms with Crippen molar-refractivity contribution in [3.8, 4) is 11.5 Å². The maximum absolute atomic E-state index is 12.5. The van der Waals surface area contributed by atoms with E-state index in [0.29, 0.717) is 38.7 Å². The van der Waals surface area contributed by atoms with Crippen molar-refractivity contribution in [3.63, 3.8) is 0 Å². The van der Waals surface area contributed by atoms with Crippen LogP contribution in [0, 0.1) is 0 Å². The standard InChI is InChI=1S/C22H13Cl3O3/c23-15-4-1-13(2-5-15)10-21-22(26)17-7-6-16(11-20(17)28-21)27-12-14-3-8-18(24)19(25)9-14/h1-11H,12H2. The van der Waals surface area contributed by atoms with E-state index >= 15 is 0 Å². The Kier molecular flexibility index (Phi) is 5.31. The zero-order valence-electron chi connectivity index (χ0n) is 14.4. The number of ether oxygens (including phenoxy) is 2. The lowest BCUT2D eigenvalue weighted by Crippen LogP contribution is -1.98. The van der Waals surface area contributed by atoms with E-state index in [2.05, 4.69) is 0 Å². The molecule has 1 aliphatic rings. The molecule has 0 spiro atoms. The van der Waals surface area contributed by atoms with E-state index in [1.165, 1.54) is 0 Å². The molecule has 0 fully saturated rings. The second kappa shape index (κ2) is 7.88. The summed E-state index contributed by atoms with van der Waals surface area (Å²) < 4.78 is 11.5. The number of benzene rings is 3. The monoisotopic (exact) mass is 430 g/mol. The van der Waals surface area contributed by atoms with Crippen LogP contribution in [0.15, 0.2) is 66.4 Å². The van der Waals surface area contributed by atoms with Crippen molar-refractivity contribution < 1.29 is 14.3 Å². The molecule has 0 unspecified atom stereocenters. The Morgan fingerprint density at radius 2 is 1.68 bits per heavy atom. The minimum atomic E-state index is -0.166. The molecule has 3 aromatic rings. The molecule has 1 aliphatic heterocycles. The van der Waals surface area contributed by atoms with Gasteiger partial charge < -0.3 is 9.47 Å². The first kappa shape index (κ1) is 18.9. The third-order valence-electron chi connectivity index (χ3n) is 4.20. The van der Waals surface area contributed by atoms with Gasteiger partial charge in [-0.05, 0) is 53.6 Å². The van der Waals surface area contributed by atoms with Crippen molar-refractivity contribution in [3.05, 3.63) is 98.2 Å². The summed E-state index contributed by atoms with van der Waals surface area (Å²) in [5, 5.41) is 1.60. The summed E-state index contributed by atoms with van der Waals surface area (Å²) in [5.74, 6) is 1.15. The highest BCUT2D eigenvalue weighted by Gasteiger charge is 2.27. The predicted molar refractivity (Wildman–Crippen MR) is 112 cm³/mol. The summed E-state index contributed by atoms with van der Waals surface area (Å²) in [6.07, 6.45) is 1.69. The highest BCUT2D eigenvalue weighted by Crippen LogP contribution is 2.35. The largest absolute Gasteiger partial charge is 0.489 e. The number of hydrogen-bond acceptors (Lipinski definition) is 3. The molecule has 6 heteroatoms. The van der Waals surface area contributed by atoms with Crippen LogP contribution < -0.4 is 9.47 Å². The van der Waals surface area contributed by atoms with E-state index in [1.807, 2.05) is 18.2 Å². The fourth-order valence-corrected chi connectivity index (χ4v) is 3.21.